The number of carbonyl (C=O) groups is 3. The van der Waals surface area contributed by atoms with Crippen molar-refractivity contribution in [3.63, 3.8) is 0 Å². The average Bonchev–Trinajstić information content (AvgIpc) is 3.68. The first-order valence-corrected chi connectivity index (χ1v) is 11.6. The molecule has 1 atom stereocenters. The lowest BCUT2D eigenvalue weighted by Crippen LogP contribution is -2.55. The molecule has 3 amide bonds. The van der Waals surface area contributed by atoms with Gasteiger partial charge in [-0.25, -0.2) is 0 Å². The van der Waals surface area contributed by atoms with E-state index < -0.39 is 6.04 Å². The SMILES string of the molecule is COc1cccc(C(=O)N[C@@H](C(=O)N2CCCCC2)C2CCN(C(=O)C3CC3)CC2)c1. The average molecular weight is 428 g/mol. The smallest absolute Gasteiger partial charge is 0.252 e. The largest absolute Gasteiger partial charge is 0.497 e. The molecule has 0 spiro atoms. The maximum absolute atomic E-state index is 13.4. The van der Waals surface area contributed by atoms with Crippen LogP contribution in [0.25, 0.3) is 0 Å². The van der Waals surface area contributed by atoms with Gasteiger partial charge in [0.2, 0.25) is 11.8 Å². The topological polar surface area (TPSA) is 79.0 Å². The summed E-state index contributed by atoms with van der Waals surface area (Å²) in [6.07, 6.45) is 6.65. The van der Waals surface area contributed by atoms with Crippen molar-refractivity contribution < 1.29 is 19.1 Å². The third-order valence-corrected chi connectivity index (χ3v) is 6.80. The van der Waals surface area contributed by atoms with E-state index in [-0.39, 0.29) is 29.6 Å². The highest BCUT2D eigenvalue weighted by Crippen LogP contribution is 2.33. The minimum absolute atomic E-state index is 0.0166. The maximum Gasteiger partial charge on any atom is 0.252 e. The third-order valence-electron chi connectivity index (χ3n) is 6.80. The van der Waals surface area contributed by atoms with Crippen LogP contribution < -0.4 is 10.1 Å². The van der Waals surface area contributed by atoms with Gasteiger partial charge in [0.25, 0.3) is 5.91 Å². The van der Waals surface area contributed by atoms with Gasteiger partial charge < -0.3 is 19.9 Å². The number of hydrogen-bond donors (Lipinski definition) is 1. The minimum atomic E-state index is -0.560. The van der Waals surface area contributed by atoms with Crippen molar-refractivity contribution in [2.75, 3.05) is 33.3 Å². The lowest BCUT2D eigenvalue weighted by atomic mass is 9.87. The highest BCUT2D eigenvalue weighted by atomic mass is 16.5. The van der Waals surface area contributed by atoms with Gasteiger partial charge in [-0.05, 0) is 69.1 Å². The summed E-state index contributed by atoms with van der Waals surface area (Å²) in [5.41, 5.74) is 0.483. The number of ether oxygens (including phenoxy) is 1. The molecule has 1 aliphatic carbocycles. The second-order valence-electron chi connectivity index (χ2n) is 9.01. The lowest BCUT2D eigenvalue weighted by Gasteiger charge is -2.38. The van der Waals surface area contributed by atoms with Gasteiger partial charge in [-0.2, -0.15) is 0 Å². The number of methoxy groups -OCH3 is 1. The van der Waals surface area contributed by atoms with Crippen LogP contribution in [0.15, 0.2) is 24.3 Å². The normalized spacial score (nSPS) is 20.8. The first kappa shape index (κ1) is 21.7. The van der Waals surface area contributed by atoms with Gasteiger partial charge in [0.15, 0.2) is 0 Å². The van der Waals surface area contributed by atoms with Crippen molar-refractivity contribution in [1.82, 2.24) is 15.1 Å². The molecule has 7 nitrogen and oxygen atoms in total. The van der Waals surface area contributed by atoms with Crippen LogP contribution in [-0.4, -0.2) is 66.9 Å². The molecule has 1 N–H and O–H groups in total. The van der Waals surface area contributed by atoms with Crippen molar-refractivity contribution in [1.29, 1.82) is 0 Å². The van der Waals surface area contributed by atoms with Gasteiger partial charge in [-0.1, -0.05) is 6.07 Å². The van der Waals surface area contributed by atoms with E-state index in [1.165, 1.54) is 0 Å². The van der Waals surface area contributed by atoms with E-state index in [0.29, 0.717) is 24.4 Å². The minimum Gasteiger partial charge on any atom is -0.497 e. The molecule has 7 heteroatoms. The summed E-state index contributed by atoms with van der Waals surface area (Å²) in [7, 11) is 1.57. The number of hydrogen-bond acceptors (Lipinski definition) is 4. The summed E-state index contributed by atoms with van der Waals surface area (Å²) < 4.78 is 5.23. The third kappa shape index (κ3) is 5.20. The summed E-state index contributed by atoms with van der Waals surface area (Å²) in [6.45, 7) is 2.84. The Morgan fingerprint density at radius 1 is 0.968 bits per heavy atom. The number of rotatable bonds is 6. The Labute approximate surface area is 184 Å². The molecule has 4 rings (SSSR count). The lowest BCUT2D eigenvalue weighted by molar-refractivity contribution is -0.137. The number of likely N-dealkylation sites (tertiary alicyclic amines) is 2. The van der Waals surface area contributed by atoms with E-state index in [9.17, 15) is 14.4 Å². The number of benzene rings is 1. The summed E-state index contributed by atoms with van der Waals surface area (Å²) in [6, 6.07) is 6.43. The fraction of sp³-hybridized carbons (Fsp3) is 0.625. The Morgan fingerprint density at radius 2 is 1.68 bits per heavy atom. The van der Waals surface area contributed by atoms with Crippen LogP contribution in [0.5, 0.6) is 5.75 Å². The van der Waals surface area contributed by atoms with Crippen molar-refractivity contribution in [2.24, 2.45) is 11.8 Å². The molecule has 31 heavy (non-hydrogen) atoms. The summed E-state index contributed by atoms with van der Waals surface area (Å²) in [4.78, 5) is 42.7. The second kappa shape index (κ2) is 9.71. The van der Waals surface area contributed by atoms with Gasteiger partial charge in [0, 0.05) is 37.7 Å². The fourth-order valence-corrected chi connectivity index (χ4v) is 4.72. The Balaban J connectivity index is 1.46. The molecule has 1 saturated carbocycles. The van der Waals surface area contributed by atoms with Gasteiger partial charge in [-0.15, -0.1) is 0 Å². The highest BCUT2D eigenvalue weighted by molar-refractivity contribution is 5.98. The predicted molar refractivity (Wildman–Crippen MR) is 117 cm³/mol. The Morgan fingerprint density at radius 3 is 2.32 bits per heavy atom. The molecule has 0 unspecified atom stereocenters. The molecule has 1 aromatic carbocycles. The van der Waals surface area contributed by atoms with E-state index in [4.69, 9.17) is 4.74 Å². The standard InChI is InChI=1S/C24H33N3O4/c1-31-20-7-5-6-19(16-20)22(28)25-21(24(30)26-12-3-2-4-13-26)17-10-14-27(15-11-17)23(29)18-8-9-18/h5-7,16-18,21H,2-4,8-15H2,1H3,(H,25,28)/t21-/m1/s1. The van der Waals surface area contributed by atoms with Gasteiger partial charge >= 0.3 is 0 Å². The molecule has 1 aromatic rings. The molecular weight excluding hydrogens is 394 g/mol. The number of amides is 3. The fourth-order valence-electron chi connectivity index (χ4n) is 4.72. The summed E-state index contributed by atoms with van der Waals surface area (Å²) in [5, 5.41) is 3.04. The van der Waals surface area contributed by atoms with E-state index >= 15 is 0 Å². The van der Waals surface area contributed by atoms with Gasteiger partial charge in [-0.3, -0.25) is 14.4 Å². The van der Waals surface area contributed by atoms with Crippen LogP contribution in [0.2, 0.25) is 0 Å². The number of carbonyl (C=O) groups excluding carboxylic acids is 3. The number of piperidine rings is 2. The Bertz CT molecular complexity index is 809. The van der Waals surface area contributed by atoms with E-state index in [2.05, 4.69) is 5.32 Å². The zero-order valence-corrected chi connectivity index (χ0v) is 18.3. The molecule has 0 radical (unpaired) electrons. The van der Waals surface area contributed by atoms with Crippen LogP contribution in [0, 0.1) is 11.8 Å². The quantitative estimate of drug-likeness (QED) is 0.756. The second-order valence-corrected chi connectivity index (χ2v) is 9.01. The van der Waals surface area contributed by atoms with Crippen molar-refractivity contribution in [3.05, 3.63) is 29.8 Å². The first-order chi connectivity index (χ1) is 15.1. The van der Waals surface area contributed by atoms with E-state index in [1.807, 2.05) is 9.80 Å². The van der Waals surface area contributed by atoms with Crippen LogP contribution in [0.3, 0.4) is 0 Å². The van der Waals surface area contributed by atoms with Gasteiger partial charge in [0.05, 0.1) is 7.11 Å². The van der Waals surface area contributed by atoms with Crippen LogP contribution in [0.1, 0.15) is 55.3 Å². The van der Waals surface area contributed by atoms with E-state index in [1.54, 1.807) is 31.4 Å². The summed E-state index contributed by atoms with van der Waals surface area (Å²) >= 11 is 0. The zero-order chi connectivity index (χ0) is 21.8. The van der Waals surface area contributed by atoms with Crippen LogP contribution >= 0.6 is 0 Å². The van der Waals surface area contributed by atoms with E-state index in [0.717, 1.165) is 58.0 Å². The molecule has 168 valence electrons. The van der Waals surface area contributed by atoms with Crippen molar-refractivity contribution in [3.8, 4) is 5.75 Å². The zero-order valence-electron chi connectivity index (χ0n) is 18.3. The molecule has 0 bridgehead atoms. The molecule has 3 aliphatic rings. The molecule has 3 fully saturated rings. The molecule has 0 aromatic heterocycles. The maximum atomic E-state index is 13.4. The molecule has 2 saturated heterocycles. The molecular formula is C24H33N3O4. The van der Waals surface area contributed by atoms with Crippen molar-refractivity contribution >= 4 is 17.7 Å². The molecule has 2 aliphatic heterocycles. The summed E-state index contributed by atoms with van der Waals surface area (Å²) in [5.74, 6) is 0.882. The van der Waals surface area contributed by atoms with Crippen LogP contribution in [0.4, 0.5) is 0 Å². The van der Waals surface area contributed by atoms with Crippen molar-refractivity contribution in [2.45, 2.75) is 51.0 Å². The Hall–Kier alpha value is -2.57. The Kier molecular flexibility index (Phi) is 6.78. The number of nitrogens with one attached hydrogen (secondary N) is 1. The number of nitrogens with zero attached hydrogens (tertiary/aromatic N) is 2. The van der Waals surface area contributed by atoms with Gasteiger partial charge in [0.1, 0.15) is 11.8 Å². The predicted octanol–water partition coefficient (Wildman–Crippen LogP) is 2.45. The molecule has 2 heterocycles. The van der Waals surface area contributed by atoms with Crippen LogP contribution in [-0.2, 0) is 9.59 Å². The first-order valence-electron chi connectivity index (χ1n) is 11.6. The monoisotopic (exact) mass is 427 g/mol. The highest BCUT2D eigenvalue weighted by Gasteiger charge is 2.39.